The molecular formula is C15H26Si. The molecule has 0 atom stereocenters. The molecule has 0 aromatic rings. The zero-order chi connectivity index (χ0) is 12.7. The van der Waals surface area contributed by atoms with E-state index < -0.39 is 8.07 Å². The van der Waals surface area contributed by atoms with E-state index in [1.54, 1.807) is 0 Å². The molecule has 0 fully saturated rings. The molecule has 0 rings (SSSR count). The standard InChI is InChI=1S/C15H26Si/c1-7-16(8-2,9-3)14-12-10-11-13-15(4,5)6/h7-10H2,1-6H3. The Morgan fingerprint density at radius 2 is 1.38 bits per heavy atom. The van der Waals surface area contributed by atoms with E-state index in [2.05, 4.69) is 64.8 Å². The van der Waals surface area contributed by atoms with Gasteiger partial charge in [-0.05, 0) is 38.9 Å². The smallest absolute Gasteiger partial charge is 0.130 e. The van der Waals surface area contributed by atoms with Crippen molar-refractivity contribution in [1.82, 2.24) is 0 Å². The number of rotatable bonds is 3. The van der Waals surface area contributed by atoms with Crippen LogP contribution in [0.15, 0.2) is 0 Å². The third-order valence-electron chi connectivity index (χ3n) is 3.02. The van der Waals surface area contributed by atoms with E-state index in [-0.39, 0.29) is 5.41 Å². The van der Waals surface area contributed by atoms with Gasteiger partial charge in [0.2, 0.25) is 0 Å². The molecule has 0 heterocycles. The molecule has 0 aromatic heterocycles. The molecular weight excluding hydrogens is 208 g/mol. The van der Waals surface area contributed by atoms with Gasteiger partial charge in [-0.25, -0.2) is 0 Å². The van der Waals surface area contributed by atoms with Gasteiger partial charge in [0.05, 0.1) is 6.42 Å². The summed E-state index contributed by atoms with van der Waals surface area (Å²) in [5, 5.41) is 0. The van der Waals surface area contributed by atoms with Gasteiger partial charge in [0.15, 0.2) is 0 Å². The van der Waals surface area contributed by atoms with E-state index in [1.165, 1.54) is 18.1 Å². The molecule has 0 bridgehead atoms. The minimum atomic E-state index is -1.24. The van der Waals surface area contributed by atoms with E-state index in [4.69, 9.17) is 0 Å². The first kappa shape index (κ1) is 15.3. The Hall–Kier alpha value is -0.663. The fourth-order valence-corrected chi connectivity index (χ4v) is 4.09. The molecule has 0 unspecified atom stereocenters. The maximum Gasteiger partial charge on any atom is 0.137 e. The van der Waals surface area contributed by atoms with Gasteiger partial charge in [-0.2, -0.15) is 0 Å². The zero-order valence-corrected chi connectivity index (χ0v) is 12.8. The average Bonchev–Trinajstić information content (AvgIpc) is 2.23. The highest BCUT2D eigenvalue weighted by Gasteiger charge is 2.23. The first-order chi connectivity index (χ1) is 7.39. The van der Waals surface area contributed by atoms with Gasteiger partial charge in [0.25, 0.3) is 0 Å². The van der Waals surface area contributed by atoms with Crippen LogP contribution in [0.25, 0.3) is 0 Å². The molecule has 0 amide bonds. The Bertz CT molecular complexity index is 299. The second kappa shape index (κ2) is 6.82. The van der Waals surface area contributed by atoms with Crippen molar-refractivity contribution >= 4 is 8.07 Å². The van der Waals surface area contributed by atoms with Gasteiger partial charge in [-0.3, -0.25) is 0 Å². The van der Waals surface area contributed by atoms with Crippen molar-refractivity contribution in [3.8, 4) is 23.3 Å². The first-order valence-corrected chi connectivity index (χ1v) is 9.01. The molecule has 0 saturated carbocycles. The van der Waals surface area contributed by atoms with Crippen LogP contribution in [0.1, 0.15) is 48.0 Å². The van der Waals surface area contributed by atoms with Crippen molar-refractivity contribution in [2.45, 2.75) is 66.1 Å². The van der Waals surface area contributed by atoms with Gasteiger partial charge >= 0.3 is 0 Å². The summed E-state index contributed by atoms with van der Waals surface area (Å²) < 4.78 is 0. The third kappa shape index (κ3) is 6.04. The Labute approximate surface area is 103 Å². The molecule has 0 radical (unpaired) electrons. The quantitative estimate of drug-likeness (QED) is 0.499. The van der Waals surface area contributed by atoms with Crippen LogP contribution in [0.5, 0.6) is 0 Å². The van der Waals surface area contributed by atoms with Crippen LogP contribution in [-0.4, -0.2) is 8.07 Å². The molecule has 0 N–H and O–H groups in total. The summed E-state index contributed by atoms with van der Waals surface area (Å²) in [6.07, 6.45) is 0.742. The third-order valence-corrected chi connectivity index (χ3v) is 7.79. The minimum absolute atomic E-state index is 0.108. The van der Waals surface area contributed by atoms with Gasteiger partial charge < -0.3 is 0 Å². The van der Waals surface area contributed by atoms with Gasteiger partial charge in [0, 0.05) is 5.41 Å². The van der Waals surface area contributed by atoms with E-state index >= 15 is 0 Å². The van der Waals surface area contributed by atoms with Gasteiger partial charge in [0.1, 0.15) is 8.07 Å². The molecule has 0 aliphatic heterocycles. The van der Waals surface area contributed by atoms with Crippen LogP contribution in [0.2, 0.25) is 18.1 Å². The second-order valence-corrected chi connectivity index (χ2v) is 10.3. The van der Waals surface area contributed by atoms with E-state index in [0.717, 1.165) is 6.42 Å². The average molecular weight is 234 g/mol. The predicted molar refractivity (Wildman–Crippen MR) is 76.8 cm³/mol. The van der Waals surface area contributed by atoms with Gasteiger partial charge in [-0.15, -0.1) is 5.54 Å². The number of hydrogen-bond donors (Lipinski definition) is 0. The van der Waals surface area contributed by atoms with Crippen LogP contribution in [0.4, 0.5) is 0 Å². The number of hydrogen-bond acceptors (Lipinski definition) is 0. The fourth-order valence-electron chi connectivity index (χ4n) is 1.60. The predicted octanol–water partition coefficient (Wildman–Crippen LogP) is 4.48. The highest BCUT2D eigenvalue weighted by Crippen LogP contribution is 2.18. The lowest BCUT2D eigenvalue weighted by Crippen LogP contribution is -2.29. The van der Waals surface area contributed by atoms with Crippen molar-refractivity contribution in [2.24, 2.45) is 5.41 Å². The van der Waals surface area contributed by atoms with Crippen LogP contribution < -0.4 is 0 Å². The van der Waals surface area contributed by atoms with E-state index in [0.29, 0.717) is 0 Å². The van der Waals surface area contributed by atoms with Crippen molar-refractivity contribution < 1.29 is 0 Å². The van der Waals surface area contributed by atoms with Crippen LogP contribution in [0, 0.1) is 28.7 Å². The molecule has 0 saturated heterocycles. The molecule has 1 heteroatoms. The molecule has 0 aromatic carbocycles. The maximum absolute atomic E-state index is 3.55. The summed E-state index contributed by atoms with van der Waals surface area (Å²) in [6, 6.07) is 3.83. The summed E-state index contributed by atoms with van der Waals surface area (Å²) in [4.78, 5) is 0. The lowest BCUT2D eigenvalue weighted by Gasteiger charge is -2.19. The molecule has 0 nitrogen and oxygen atoms in total. The lowest BCUT2D eigenvalue weighted by molar-refractivity contribution is 0.570. The van der Waals surface area contributed by atoms with Crippen molar-refractivity contribution in [3.63, 3.8) is 0 Å². The monoisotopic (exact) mass is 234 g/mol. The largest absolute Gasteiger partial charge is 0.137 e. The SMILES string of the molecule is CC[Si](C#CCC#CC(C)(C)C)(CC)CC. The molecule has 0 aliphatic carbocycles. The summed E-state index contributed by atoms with van der Waals surface area (Å²) in [5.74, 6) is 9.68. The molecule has 0 spiro atoms. The Kier molecular flexibility index (Phi) is 6.54. The fraction of sp³-hybridized carbons (Fsp3) is 0.733. The van der Waals surface area contributed by atoms with Crippen molar-refractivity contribution in [1.29, 1.82) is 0 Å². The molecule has 16 heavy (non-hydrogen) atoms. The second-order valence-electron chi connectivity index (χ2n) is 5.37. The van der Waals surface area contributed by atoms with Crippen LogP contribution in [0.3, 0.4) is 0 Å². The first-order valence-electron chi connectivity index (χ1n) is 6.39. The zero-order valence-electron chi connectivity index (χ0n) is 11.8. The Morgan fingerprint density at radius 3 is 1.75 bits per heavy atom. The summed E-state index contributed by atoms with van der Waals surface area (Å²) in [6.45, 7) is 13.3. The van der Waals surface area contributed by atoms with Crippen molar-refractivity contribution in [2.75, 3.05) is 0 Å². The lowest BCUT2D eigenvalue weighted by atomic mass is 9.98. The van der Waals surface area contributed by atoms with Gasteiger partial charge in [-0.1, -0.05) is 38.5 Å². The summed E-state index contributed by atoms with van der Waals surface area (Å²) in [5.41, 5.74) is 3.66. The highest BCUT2D eigenvalue weighted by molar-refractivity contribution is 6.87. The highest BCUT2D eigenvalue weighted by atomic mass is 28.3. The molecule has 90 valence electrons. The van der Waals surface area contributed by atoms with Crippen molar-refractivity contribution in [3.05, 3.63) is 0 Å². The van der Waals surface area contributed by atoms with Crippen LogP contribution >= 0.6 is 0 Å². The normalized spacial score (nSPS) is 11.1. The van der Waals surface area contributed by atoms with Crippen LogP contribution in [-0.2, 0) is 0 Å². The summed E-state index contributed by atoms with van der Waals surface area (Å²) >= 11 is 0. The van der Waals surface area contributed by atoms with E-state index in [9.17, 15) is 0 Å². The molecule has 0 aliphatic rings. The minimum Gasteiger partial charge on any atom is -0.130 e. The van der Waals surface area contributed by atoms with E-state index in [1.807, 2.05) is 0 Å². The summed E-state index contributed by atoms with van der Waals surface area (Å²) in [7, 11) is -1.24. The maximum atomic E-state index is 3.55. The Balaban J connectivity index is 4.43. The topological polar surface area (TPSA) is 0 Å². The Morgan fingerprint density at radius 1 is 0.875 bits per heavy atom.